The molecule has 1 aliphatic rings. The second-order valence-electron chi connectivity index (χ2n) is 12.5. The number of aliphatic carboxylic acids is 1. The molecule has 0 saturated heterocycles. The molecule has 51 heavy (non-hydrogen) atoms. The van der Waals surface area contributed by atoms with Crippen LogP contribution in [0.1, 0.15) is 55.2 Å². The Labute approximate surface area is 312 Å². The number of carboxylic acid groups (broad SMARTS) is 1. The summed E-state index contributed by atoms with van der Waals surface area (Å²) in [6, 6.07) is 16.8. The maximum absolute atomic E-state index is 11.6. The molecule has 1 saturated carbocycles. The molecule has 0 amide bonds. The third-order valence-electron chi connectivity index (χ3n) is 8.81. The number of hydrogen-bond donors (Lipinski definition) is 3. The van der Waals surface area contributed by atoms with E-state index in [0.717, 1.165) is 18.5 Å². The molecule has 0 unspecified atom stereocenters. The molecule has 5 rings (SSSR count). The predicted molar refractivity (Wildman–Crippen MR) is 197 cm³/mol. The van der Waals surface area contributed by atoms with Crippen LogP contribution >= 0.6 is 34.8 Å². The zero-order valence-corrected chi connectivity index (χ0v) is 30.7. The fourth-order valence-electron chi connectivity index (χ4n) is 6.17. The van der Waals surface area contributed by atoms with Gasteiger partial charge < -0.3 is 29.7 Å². The van der Waals surface area contributed by atoms with Gasteiger partial charge in [0.25, 0.3) is 0 Å². The van der Waals surface area contributed by atoms with Crippen LogP contribution < -0.4 is 19.5 Å². The summed E-state index contributed by atoms with van der Waals surface area (Å²) < 4.78 is 17.1. The molecule has 1 aliphatic carbocycles. The molecule has 0 aliphatic heterocycles. The summed E-state index contributed by atoms with van der Waals surface area (Å²) in [6.45, 7) is 1.40. The zero-order chi connectivity index (χ0) is 36.5. The Morgan fingerprint density at radius 3 is 2.33 bits per heavy atom. The van der Waals surface area contributed by atoms with E-state index in [1.54, 1.807) is 13.2 Å². The maximum atomic E-state index is 11.6. The quantitative estimate of drug-likeness (QED) is 0.0972. The van der Waals surface area contributed by atoms with E-state index < -0.39 is 12.1 Å². The first kappa shape index (κ1) is 38.3. The van der Waals surface area contributed by atoms with Crippen molar-refractivity contribution in [3.8, 4) is 40.0 Å². The molecule has 2 heterocycles. The lowest BCUT2D eigenvalue weighted by Crippen LogP contribution is -2.21. The van der Waals surface area contributed by atoms with Crippen LogP contribution in [0, 0.1) is 5.92 Å². The fraction of sp³-hybridized carbons (Fsp3) is 0.368. The Balaban J connectivity index is 1.29. The highest BCUT2D eigenvalue weighted by Gasteiger charge is 2.22. The molecule has 2 aromatic heterocycles. The number of halogens is 3. The topological polar surface area (TPSA) is 140 Å². The average molecular weight is 757 g/mol. The summed E-state index contributed by atoms with van der Waals surface area (Å²) in [5.74, 6) is 0.635. The van der Waals surface area contributed by atoms with E-state index in [4.69, 9.17) is 59.1 Å². The van der Waals surface area contributed by atoms with Gasteiger partial charge in [-0.3, -0.25) is 9.59 Å². The van der Waals surface area contributed by atoms with Gasteiger partial charge in [-0.15, -0.1) is 0 Å². The molecule has 1 fully saturated rings. The minimum absolute atomic E-state index is 0.0614. The number of hydrogen-bond acceptors (Lipinski definition) is 9. The van der Waals surface area contributed by atoms with E-state index in [9.17, 15) is 14.7 Å². The standard InChI is InChI=1S/C38H40Cl3N3O7/c1-49-36-23(6-3-8-26(45)18-33(47)48)17-31(39)38(44-36)51-21-25-7-4-9-28(34(25)40)29-10-5-11-30(35(29)41)32-15-13-24(37(43-32)50-2)20-42-19-22-12-14-27(46)16-22/h4-5,7,9-11,13,15,17,22,26,42,45H,3,6,8,12,14,16,18-21H2,1-2H3,(H,47,48)/t22-,26-/m1/s1. The van der Waals surface area contributed by atoms with E-state index in [1.807, 2.05) is 48.5 Å². The van der Waals surface area contributed by atoms with Gasteiger partial charge in [0.1, 0.15) is 17.4 Å². The molecule has 0 bridgehead atoms. The molecular formula is C38H40Cl3N3O7. The molecule has 13 heteroatoms. The monoisotopic (exact) mass is 755 g/mol. The molecular weight excluding hydrogens is 717 g/mol. The molecule has 0 spiro atoms. The van der Waals surface area contributed by atoms with Gasteiger partial charge in [-0.2, -0.15) is 4.98 Å². The number of pyridine rings is 2. The number of methoxy groups -OCH3 is 2. The number of aryl methyl sites for hydroxylation is 1. The van der Waals surface area contributed by atoms with Crippen molar-refractivity contribution in [2.75, 3.05) is 20.8 Å². The first-order valence-electron chi connectivity index (χ1n) is 16.7. The van der Waals surface area contributed by atoms with Crippen LogP contribution in [0.3, 0.4) is 0 Å². The minimum Gasteiger partial charge on any atom is -0.481 e. The number of rotatable bonds is 17. The maximum Gasteiger partial charge on any atom is 0.305 e. The number of benzene rings is 2. The van der Waals surface area contributed by atoms with E-state index in [-0.39, 0.29) is 23.9 Å². The van der Waals surface area contributed by atoms with E-state index in [2.05, 4.69) is 10.3 Å². The lowest BCUT2D eigenvalue weighted by atomic mass is 9.99. The lowest BCUT2D eigenvalue weighted by molar-refractivity contribution is -0.139. The number of aliphatic hydroxyl groups is 1. The number of ether oxygens (including phenoxy) is 3. The second kappa shape index (κ2) is 18.0. The van der Waals surface area contributed by atoms with Gasteiger partial charge in [0.05, 0.1) is 42.5 Å². The summed E-state index contributed by atoms with van der Waals surface area (Å²) >= 11 is 20.5. The van der Waals surface area contributed by atoms with Crippen LogP contribution in [0.15, 0.2) is 54.6 Å². The van der Waals surface area contributed by atoms with Gasteiger partial charge in [0.2, 0.25) is 17.6 Å². The highest BCUT2D eigenvalue weighted by Crippen LogP contribution is 2.41. The van der Waals surface area contributed by atoms with Gasteiger partial charge in [-0.05, 0) is 50.3 Å². The highest BCUT2D eigenvalue weighted by atomic mass is 35.5. The number of carbonyl (C=O) groups is 2. The Kier molecular flexibility index (Phi) is 13.5. The Morgan fingerprint density at radius 2 is 1.63 bits per heavy atom. The first-order chi connectivity index (χ1) is 24.6. The van der Waals surface area contributed by atoms with Crippen LogP contribution in [0.25, 0.3) is 22.4 Å². The van der Waals surface area contributed by atoms with Crippen molar-refractivity contribution in [2.24, 2.45) is 5.92 Å². The largest absolute Gasteiger partial charge is 0.481 e. The van der Waals surface area contributed by atoms with Crippen molar-refractivity contribution >= 4 is 46.6 Å². The predicted octanol–water partition coefficient (Wildman–Crippen LogP) is 7.98. The van der Waals surface area contributed by atoms with Crippen molar-refractivity contribution in [3.63, 3.8) is 0 Å². The molecule has 3 N–H and O–H groups in total. The summed E-state index contributed by atoms with van der Waals surface area (Å²) in [7, 11) is 3.07. The van der Waals surface area contributed by atoms with Gasteiger partial charge in [0.15, 0.2) is 0 Å². The number of Topliss-reactive ketones (excluding diaryl/α,β-unsaturated/α-hetero) is 1. The number of aliphatic hydroxyl groups excluding tert-OH is 1. The fourth-order valence-corrected chi connectivity index (χ4v) is 7.01. The van der Waals surface area contributed by atoms with Crippen LogP contribution in [0.2, 0.25) is 15.1 Å². The molecule has 270 valence electrons. The van der Waals surface area contributed by atoms with E-state index in [0.29, 0.717) is 106 Å². The normalized spacial score (nSPS) is 14.8. The molecule has 10 nitrogen and oxygen atoms in total. The smallest absolute Gasteiger partial charge is 0.305 e. The summed E-state index contributed by atoms with van der Waals surface area (Å²) in [4.78, 5) is 31.6. The Morgan fingerprint density at radius 1 is 0.922 bits per heavy atom. The van der Waals surface area contributed by atoms with Crippen LogP contribution in [-0.2, 0) is 29.2 Å². The number of carbonyl (C=O) groups excluding carboxylic acids is 1. The van der Waals surface area contributed by atoms with Gasteiger partial charge in [-0.1, -0.05) is 77.3 Å². The van der Waals surface area contributed by atoms with Crippen LogP contribution in [0.4, 0.5) is 0 Å². The Hall–Kier alpha value is -3.93. The average Bonchev–Trinajstić information content (AvgIpc) is 3.53. The van der Waals surface area contributed by atoms with E-state index >= 15 is 0 Å². The summed E-state index contributed by atoms with van der Waals surface area (Å²) in [5, 5.41) is 23.4. The van der Waals surface area contributed by atoms with Crippen molar-refractivity contribution in [2.45, 2.75) is 64.2 Å². The number of ketones is 1. The minimum atomic E-state index is -1.05. The highest BCUT2D eigenvalue weighted by molar-refractivity contribution is 6.38. The van der Waals surface area contributed by atoms with Crippen molar-refractivity contribution in [3.05, 3.63) is 86.4 Å². The van der Waals surface area contributed by atoms with Crippen molar-refractivity contribution < 1.29 is 34.0 Å². The van der Waals surface area contributed by atoms with Gasteiger partial charge >= 0.3 is 5.97 Å². The van der Waals surface area contributed by atoms with Crippen molar-refractivity contribution in [1.82, 2.24) is 15.3 Å². The summed E-state index contributed by atoms with van der Waals surface area (Å²) in [6.07, 6.45) is 2.31. The van der Waals surface area contributed by atoms with E-state index in [1.165, 1.54) is 7.11 Å². The number of aromatic nitrogens is 2. The molecule has 2 aromatic carbocycles. The SMILES string of the molecule is COc1nc(-c2cccc(-c3cccc(COc4nc(OC)c(CCC[C@@H](O)CC(=O)O)cc4Cl)c3Cl)c2Cl)ccc1CNC[C@@H]1CCC(=O)C1. The second-order valence-corrected chi connectivity index (χ2v) is 13.6. The number of carboxylic acids is 1. The third kappa shape index (κ3) is 9.90. The zero-order valence-electron chi connectivity index (χ0n) is 28.4. The number of nitrogens with one attached hydrogen (secondary N) is 1. The van der Waals surface area contributed by atoms with Crippen molar-refractivity contribution in [1.29, 1.82) is 0 Å². The van der Waals surface area contributed by atoms with Gasteiger partial charge in [0, 0.05) is 52.8 Å². The van der Waals surface area contributed by atoms with Crippen LogP contribution in [-0.4, -0.2) is 58.8 Å². The van der Waals surface area contributed by atoms with Gasteiger partial charge in [-0.25, -0.2) is 4.98 Å². The summed E-state index contributed by atoms with van der Waals surface area (Å²) in [5.41, 5.74) is 5.09. The van der Waals surface area contributed by atoms with Crippen LogP contribution in [0.5, 0.6) is 17.6 Å². The molecule has 4 aromatic rings. The lowest BCUT2D eigenvalue weighted by Gasteiger charge is -2.16. The molecule has 2 atom stereocenters. The number of nitrogens with zero attached hydrogens (tertiary/aromatic N) is 2. The first-order valence-corrected chi connectivity index (χ1v) is 17.8. The molecule has 0 radical (unpaired) electrons. The third-order valence-corrected chi connectivity index (χ3v) is 9.93. The Bertz CT molecular complexity index is 1870.